The molecule has 0 aliphatic carbocycles. The van der Waals surface area contributed by atoms with Gasteiger partial charge in [0.1, 0.15) is 16.9 Å². The molecule has 1 aromatic carbocycles. The number of rotatable bonds is 6. The van der Waals surface area contributed by atoms with Crippen LogP contribution in [-0.4, -0.2) is 98.7 Å². The number of pyridine rings is 2. The van der Waals surface area contributed by atoms with Crippen LogP contribution in [0.4, 0.5) is 10.5 Å². The number of ether oxygens (including phenoxy) is 1. The van der Waals surface area contributed by atoms with Crippen LogP contribution in [0.2, 0.25) is 0 Å². The molecule has 2 fully saturated rings. The van der Waals surface area contributed by atoms with E-state index < -0.39 is 5.60 Å². The first-order valence-electron chi connectivity index (χ1n) is 15.4. The molecule has 4 aromatic rings. The van der Waals surface area contributed by atoms with Crippen molar-refractivity contribution in [3.63, 3.8) is 0 Å². The summed E-state index contributed by atoms with van der Waals surface area (Å²) >= 11 is 3.77. The van der Waals surface area contributed by atoms with Gasteiger partial charge in [-0.05, 0) is 60.8 Å². The quantitative estimate of drug-likeness (QED) is 0.281. The van der Waals surface area contributed by atoms with Crippen LogP contribution in [-0.2, 0) is 11.3 Å². The number of H-pyrrole nitrogens is 1. The van der Waals surface area contributed by atoms with Crippen LogP contribution < -0.4 is 4.90 Å². The molecule has 0 saturated carbocycles. The Morgan fingerprint density at radius 2 is 1.73 bits per heavy atom. The third-order valence-electron chi connectivity index (χ3n) is 8.44. The van der Waals surface area contributed by atoms with E-state index >= 15 is 0 Å². The lowest BCUT2D eigenvalue weighted by atomic mass is 10.1. The molecule has 0 bridgehead atoms. The summed E-state index contributed by atoms with van der Waals surface area (Å²) in [6.45, 7) is 15.5. The van der Waals surface area contributed by atoms with Crippen LogP contribution in [0.3, 0.4) is 0 Å². The van der Waals surface area contributed by atoms with Crippen LogP contribution in [0, 0.1) is 0 Å². The van der Waals surface area contributed by atoms with Crippen LogP contribution in [0.25, 0.3) is 22.6 Å². The SMILES string of the molecule is CC(c1cccnc1)N1CCN(c2c(Br)cnc3[nH]c(-c4ccc(CN5CCN(C(=O)OC(C)(C)C)CC5)cc4)nc23)CC1. The average molecular weight is 662 g/mol. The summed E-state index contributed by atoms with van der Waals surface area (Å²) in [7, 11) is 0. The van der Waals surface area contributed by atoms with E-state index in [0.717, 1.165) is 78.5 Å². The van der Waals surface area contributed by atoms with Gasteiger partial charge in [-0.3, -0.25) is 14.8 Å². The molecule has 5 heterocycles. The lowest BCUT2D eigenvalue weighted by Gasteiger charge is -2.39. The van der Waals surface area contributed by atoms with E-state index in [1.165, 1.54) is 11.1 Å². The summed E-state index contributed by atoms with van der Waals surface area (Å²) < 4.78 is 6.49. The third-order valence-corrected chi connectivity index (χ3v) is 9.03. The first-order chi connectivity index (χ1) is 21.1. The van der Waals surface area contributed by atoms with Crippen LogP contribution in [0.5, 0.6) is 0 Å². The number of nitrogens with one attached hydrogen (secondary N) is 1. The highest BCUT2D eigenvalue weighted by Gasteiger charge is 2.27. The number of aromatic nitrogens is 4. The van der Waals surface area contributed by atoms with E-state index in [4.69, 9.17) is 9.72 Å². The van der Waals surface area contributed by atoms with E-state index in [-0.39, 0.29) is 6.09 Å². The molecule has 10 nitrogen and oxygen atoms in total. The second-order valence-corrected chi connectivity index (χ2v) is 13.5. The van der Waals surface area contributed by atoms with Crippen LogP contribution in [0.15, 0.2) is 59.5 Å². The molecule has 0 radical (unpaired) electrons. The second-order valence-electron chi connectivity index (χ2n) is 12.7. The van der Waals surface area contributed by atoms with Crippen LogP contribution in [0.1, 0.15) is 44.9 Å². The zero-order chi connectivity index (χ0) is 30.8. The molecular formula is C33H41BrN8O2. The molecule has 44 heavy (non-hydrogen) atoms. The molecule has 0 spiro atoms. The molecule has 232 valence electrons. The predicted octanol–water partition coefficient (Wildman–Crippen LogP) is 5.72. The van der Waals surface area contributed by atoms with Gasteiger partial charge >= 0.3 is 6.09 Å². The molecule has 1 amide bonds. The number of hydrogen-bond acceptors (Lipinski definition) is 8. The monoisotopic (exact) mass is 660 g/mol. The molecular weight excluding hydrogens is 620 g/mol. The van der Waals surface area contributed by atoms with Gasteiger partial charge in [-0.15, -0.1) is 0 Å². The Morgan fingerprint density at radius 3 is 2.39 bits per heavy atom. The number of aromatic amines is 1. The largest absolute Gasteiger partial charge is 0.444 e. The second kappa shape index (κ2) is 12.8. The van der Waals surface area contributed by atoms with Crippen molar-refractivity contribution in [2.24, 2.45) is 0 Å². The first kappa shape index (κ1) is 30.5. The van der Waals surface area contributed by atoms with E-state index in [2.05, 4.69) is 82.8 Å². The van der Waals surface area contributed by atoms with Crippen molar-refractivity contribution in [3.8, 4) is 11.4 Å². The number of nitrogens with zero attached hydrogens (tertiary/aromatic N) is 7. The Morgan fingerprint density at radius 1 is 1.00 bits per heavy atom. The van der Waals surface area contributed by atoms with E-state index in [1.54, 1.807) is 4.90 Å². The molecule has 2 saturated heterocycles. The molecule has 6 rings (SSSR count). The van der Waals surface area contributed by atoms with Crippen molar-refractivity contribution in [2.75, 3.05) is 57.3 Å². The standard InChI is InChI=1S/C33H41BrN8O2/c1-23(26-6-5-11-35-20-26)40-16-18-41(19-17-40)29-27(34)21-36-31-28(29)37-30(38-31)25-9-7-24(8-10-25)22-39-12-14-42(15-13-39)32(43)44-33(2,3)4/h5-11,20-21,23H,12-19,22H2,1-4H3,(H,36,37,38). The molecule has 1 atom stereocenters. The van der Waals surface area contributed by atoms with Crippen molar-refractivity contribution in [2.45, 2.75) is 45.9 Å². The number of piperazine rings is 2. The fourth-order valence-corrected chi connectivity index (χ4v) is 6.50. The van der Waals surface area contributed by atoms with Gasteiger partial charge in [0, 0.05) is 89.1 Å². The maximum absolute atomic E-state index is 12.4. The number of carbonyl (C=O) groups is 1. The molecule has 2 aliphatic heterocycles. The van der Waals surface area contributed by atoms with E-state index in [1.807, 2.05) is 45.4 Å². The summed E-state index contributed by atoms with van der Waals surface area (Å²) in [5.74, 6) is 0.813. The number of hydrogen-bond donors (Lipinski definition) is 1. The Labute approximate surface area is 267 Å². The highest BCUT2D eigenvalue weighted by Crippen LogP contribution is 2.35. The Kier molecular flexibility index (Phi) is 8.89. The number of fused-ring (bicyclic) bond motifs is 1. The van der Waals surface area contributed by atoms with E-state index in [9.17, 15) is 4.79 Å². The van der Waals surface area contributed by atoms with Crippen molar-refractivity contribution in [1.82, 2.24) is 34.6 Å². The topological polar surface area (TPSA) is 93.7 Å². The summed E-state index contributed by atoms with van der Waals surface area (Å²) in [4.78, 5) is 38.9. The summed E-state index contributed by atoms with van der Waals surface area (Å²) in [6, 6.07) is 13.1. The van der Waals surface area contributed by atoms with Crippen molar-refractivity contribution in [3.05, 3.63) is 70.6 Å². The maximum Gasteiger partial charge on any atom is 0.410 e. The molecule has 1 N–H and O–H groups in total. The van der Waals surface area contributed by atoms with Crippen molar-refractivity contribution >= 4 is 38.9 Å². The van der Waals surface area contributed by atoms with Gasteiger partial charge in [0.15, 0.2) is 5.65 Å². The number of anilines is 1. The normalized spacial score (nSPS) is 17.7. The van der Waals surface area contributed by atoms with Gasteiger partial charge in [0.25, 0.3) is 0 Å². The smallest absolute Gasteiger partial charge is 0.410 e. The van der Waals surface area contributed by atoms with Gasteiger partial charge in [0.2, 0.25) is 0 Å². The minimum atomic E-state index is -0.473. The molecule has 2 aliphatic rings. The average Bonchev–Trinajstić information content (AvgIpc) is 3.45. The Hall–Kier alpha value is -3.54. The highest BCUT2D eigenvalue weighted by atomic mass is 79.9. The fraction of sp³-hybridized carbons (Fsp3) is 0.455. The fourth-order valence-electron chi connectivity index (χ4n) is 5.96. The lowest BCUT2D eigenvalue weighted by Crippen LogP contribution is -2.49. The minimum absolute atomic E-state index is 0.227. The number of halogens is 1. The molecule has 11 heteroatoms. The predicted molar refractivity (Wildman–Crippen MR) is 177 cm³/mol. The number of imidazole rings is 1. The summed E-state index contributed by atoms with van der Waals surface area (Å²) in [6.07, 6.45) is 5.43. The number of amides is 1. The van der Waals surface area contributed by atoms with Crippen molar-refractivity contribution < 1.29 is 9.53 Å². The third kappa shape index (κ3) is 6.90. The minimum Gasteiger partial charge on any atom is -0.444 e. The van der Waals surface area contributed by atoms with Crippen molar-refractivity contribution in [1.29, 1.82) is 0 Å². The van der Waals surface area contributed by atoms with Crippen LogP contribution >= 0.6 is 15.9 Å². The summed E-state index contributed by atoms with van der Waals surface area (Å²) in [5.41, 5.74) is 5.80. The molecule has 3 aromatic heterocycles. The zero-order valence-electron chi connectivity index (χ0n) is 26.0. The van der Waals surface area contributed by atoms with Gasteiger partial charge in [-0.25, -0.2) is 14.8 Å². The number of carbonyl (C=O) groups excluding carboxylic acids is 1. The lowest BCUT2D eigenvalue weighted by molar-refractivity contribution is 0.0139. The number of benzene rings is 1. The Balaban J connectivity index is 1.09. The molecule has 1 unspecified atom stereocenters. The highest BCUT2D eigenvalue weighted by molar-refractivity contribution is 9.10. The van der Waals surface area contributed by atoms with Gasteiger partial charge in [-0.2, -0.15) is 0 Å². The zero-order valence-corrected chi connectivity index (χ0v) is 27.5. The first-order valence-corrected chi connectivity index (χ1v) is 16.2. The Bertz CT molecular complexity index is 1570. The van der Waals surface area contributed by atoms with Gasteiger partial charge < -0.3 is 19.5 Å². The van der Waals surface area contributed by atoms with Gasteiger partial charge in [0.05, 0.1) is 10.2 Å². The van der Waals surface area contributed by atoms with Gasteiger partial charge in [-0.1, -0.05) is 30.3 Å². The van der Waals surface area contributed by atoms with E-state index in [0.29, 0.717) is 19.1 Å². The maximum atomic E-state index is 12.4. The summed E-state index contributed by atoms with van der Waals surface area (Å²) in [5, 5.41) is 0.